The number of nitrogens with one attached hydrogen (secondary N) is 1. The van der Waals surface area contributed by atoms with Crippen molar-refractivity contribution < 1.29 is 19.4 Å². The fourth-order valence-corrected chi connectivity index (χ4v) is 2.43. The molecule has 2 aromatic carbocycles. The Labute approximate surface area is 157 Å². The number of ether oxygens (including phenoxy) is 2. The Bertz CT molecular complexity index is 793. The lowest BCUT2D eigenvalue weighted by atomic mass is 10.2. The summed E-state index contributed by atoms with van der Waals surface area (Å²) in [6.07, 6.45) is 2.34. The number of hydrazone groups is 1. The Kier molecular flexibility index (Phi) is 7.29. The highest BCUT2D eigenvalue weighted by Crippen LogP contribution is 2.25. The number of hydrogen-bond acceptors (Lipinski definition) is 5. The van der Waals surface area contributed by atoms with E-state index in [4.69, 9.17) is 21.1 Å². The van der Waals surface area contributed by atoms with Gasteiger partial charge in [-0.25, -0.2) is 5.43 Å². The van der Waals surface area contributed by atoms with E-state index >= 15 is 0 Å². The molecule has 1 amide bonds. The van der Waals surface area contributed by atoms with Gasteiger partial charge in [-0.15, -0.1) is 0 Å². The molecule has 0 bridgehead atoms. The van der Waals surface area contributed by atoms with Crippen LogP contribution in [0.4, 0.5) is 0 Å². The van der Waals surface area contributed by atoms with E-state index in [0.717, 1.165) is 11.3 Å². The van der Waals surface area contributed by atoms with Gasteiger partial charge in [-0.1, -0.05) is 11.6 Å². The number of rotatable bonds is 8. The van der Waals surface area contributed by atoms with Gasteiger partial charge in [-0.05, 0) is 60.9 Å². The van der Waals surface area contributed by atoms with Gasteiger partial charge in [0.05, 0.1) is 19.9 Å². The summed E-state index contributed by atoms with van der Waals surface area (Å²) in [5.41, 5.74) is 4.11. The number of methoxy groups -OCH3 is 1. The zero-order chi connectivity index (χ0) is 18.9. The van der Waals surface area contributed by atoms with Gasteiger partial charge in [-0.2, -0.15) is 5.10 Å². The maximum Gasteiger partial charge on any atom is 0.240 e. The Morgan fingerprint density at radius 1 is 1.27 bits per heavy atom. The SMILES string of the molecule is COc1cc(C=NNC(=O)CCCOc2ccc(Cl)cc2C)ccc1O. The second kappa shape index (κ2) is 9.68. The van der Waals surface area contributed by atoms with E-state index in [1.54, 1.807) is 18.2 Å². The molecule has 0 radical (unpaired) electrons. The topological polar surface area (TPSA) is 80.2 Å². The van der Waals surface area contributed by atoms with Crippen molar-refractivity contribution in [2.45, 2.75) is 19.8 Å². The molecule has 0 unspecified atom stereocenters. The van der Waals surface area contributed by atoms with Crippen LogP contribution in [0.5, 0.6) is 17.2 Å². The van der Waals surface area contributed by atoms with E-state index < -0.39 is 0 Å². The number of halogens is 1. The molecule has 26 heavy (non-hydrogen) atoms. The first-order chi connectivity index (χ1) is 12.5. The monoisotopic (exact) mass is 376 g/mol. The normalized spacial score (nSPS) is 10.7. The first-order valence-electron chi connectivity index (χ1n) is 8.07. The molecule has 138 valence electrons. The van der Waals surface area contributed by atoms with E-state index in [-0.39, 0.29) is 11.7 Å². The van der Waals surface area contributed by atoms with Crippen LogP contribution in [-0.2, 0) is 4.79 Å². The highest BCUT2D eigenvalue weighted by Gasteiger charge is 2.04. The van der Waals surface area contributed by atoms with Gasteiger partial charge in [0.15, 0.2) is 11.5 Å². The molecule has 2 rings (SSSR count). The van der Waals surface area contributed by atoms with E-state index in [9.17, 15) is 9.90 Å². The average molecular weight is 377 g/mol. The maximum absolute atomic E-state index is 11.8. The third kappa shape index (κ3) is 5.97. The molecular formula is C19H21ClN2O4. The zero-order valence-corrected chi connectivity index (χ0v) is 15.4. The summed E-state index contributed by atoms with van der Waals surface area (Å²) in [6, 6.07) is 10.2. The van der Waals surface area contributed by atoms with Crippen molar-refractivity contribution in [2.75, 3.05) is 13.7 Å². The molecule has 0 aliphatic rings. The number of phenolic OH excluding ortho intramolecular Hbond substituents is 1. The Morgan fingerprint density at radius 2 is 2.08 bits per heavy atom. The van der Waals surface area contributed by atoms with Crippen molar-refractivity contribution in [2.24, 2.45) is 5.10 Å². The minimum Gasteiger partial charge on any atom is -0.504 e. The molecule has 6 nitrogen and oxygen atoms in total. The van der Waals surface area contributed by atoms with Crippen LogP contribution in [0.25, 0.3) is 0 Å². The third-order valence-corrected chi connectivity index (χ3v) is 3.78. The molecule has 0 aliphatic carbocycles. The number of nitrogens with zero attached hydrogens (tertiary/aromatic N) is 1. The molecule has 2 aromatic rings. The van der Waals surface area contributed by atoms with Crippen molar-refractivity contribution in [1.82, 2.24) is 5.43 Å². The van der Waals surface area contributed by atoms with Gasteiger partial charge in [0, 0.05) is 11.4 Å². The molecule has 0 heterocycles. The van der Waals surface area contributed by atoms with Crippen LogP contribution in [0, 0.1) is 6.92 Å². The fraction of sp³-hybridized carbons (Fsp3) is 0.263. The van der Waals surface area contributed by atoms with Crippen LogP contribution in [0.15, 0.2) is 41.5 Å². The lowest BCUT2D eigenvalue weighted by molar-refractivity contribution is -0.121. The van der Waals surface area contributed by atoms with Crippen molar-refractivity contribution in [3.05, 3.63) is 52.5 Å². The number of aromatic hydroxyl groups is 1. The third-order valence-electron chi connectivity index (χ3n) is 3.55. The van der Waals surface area contributed by atoms with Gasteiger partial charge in [0.25, 0.3) is 0 Å². The number of amides is 1. The van der Waals surface area contributed by atoms with Crippen LogP contribution in [-0.4, -0.2) is 30.9 Å². The zero-order valence-electron chi connectivity index (χ0n) is 14.7. The molecular weight excluding hydrogens is 356 g/mol. The van der Waals surface area contributed by atoms with Crippen molar-refractivity contribution >= 4 is 23.7 Å². The Morgan fingerprint density at radius 3 is 2.81 bits per heavy atom. The van der Waals surface area contributed by atoms with E-state index in [0.29, 0.717) is 35.8 Å². The van der Waals surface area contributed by atoms with Gasteiger partial charge in [0.2, 0.25) is 5.91 Å². The minimum absolute atomic E-state index is 0.0459. The fourth-order valence-electron chi connectivity index (χ4n) is 2.20. The number of hydrogen-bond donors (Lipinski definition) is 2. The predicted molar refractivity (Wildman–Crippen MR) is 101 cm³/mol. The number of benzene rings is 2. The molecule has 0 aliphatic heterocycles. The second-order valence-electron chi connectivity index (χ2n) is 5.59. The molecule has 0 saturated heterocycles. The molecule has 0 fully saturated rings. The Balaban J connectivity index is 1.72. The maximum atomic E-state index is 11.8. The second-order valence-corrected chi connectivity index (χ2v) is 6.02. The number of phenols is 1. The largest absolute Gasteiger partial charge is 0.504 e. The predicted octanol–water partition coefficient (Wildman–Crippen LogP) is 3.67. The molecule has 0 saturated carbocycles. The van der Waals surface area contributed by atoms with Gasteiger partial charge >= 0.3 is 0 Å². The molecule has 2 N–H and O–H groups in total. The highest BCUT2D eigenvalue weighted by molar-refractivity contribution is 6.30. The summed E-state index contributed by atoms with van der Waals surface area (Å²) in [5.74, 6) is 0.942. The van der Waals surface area contributed by atoms with E-state index in [1.807, 2.05) is 19.1 Å². The van der Waals surface area contributed by atoms with E-state index in [2.05, 4.69) is 10.5 Å². The van der Waals surface area contributed by atoms with Gasteiger partial charge in [0.1, 0.15) is 5.75 Å². The molecule has 0 spiro atoms. The lowest BCUT2D eigenvalue weighted by Gasteiger charge is -2.08. The van der Waals surface area contributed by atoms with Crippen LogP contribution in [0.2, 0.25) is 5.02 Å². The van der Waals surface area contributed by atoms with E-state index in [1.165, 1.54) is 19.4 Å². The first-order valence-corrected chi connectivity index (χ1v) is 8.45. The smallest absolute Gasteiger partial charge is 0.240 e. The standard InChI is InChI=1S/C19H21ClN2O4/c1-13-10-15(20)6-8-17(13)26-9-3-4-19(24)22-21-12-14-5-7-16(23)18(11-14)25-2/h5-8,10-12,23H,3-4,9H2,1-2H3,(H,22,24). The van der Waals surface area contributed by atoms with Gasteiger partial charge in [-0.3, -0.25) is 4.79 Å². The Hall–Kier alpha value is -2.73. The number of aryl methyl sites for hydroxylation is 1. The van der Waals surface area contributed by atoms with Crippen LogP contribution >= 0.6 is 11.6 Å². The van der Waals surface area contributed by atoms with Crippen LogP contribution in [0.1, 0.15) is 24.0 Å². The number of carbonyl (C=O) groups is 1. The van der Waals surface area contributed by atoms with Crippen LogP contribution < -0.4 is 14.9 Å². The highest BCUT2D eigenvalue weighted by atomic mass is 35.5. The summed E-state index contributed by atoms with van der Waals surface area (Å²) in [4.78, 5) is 11.8. The van der Waals surface area contributed by atoms with Gasteiger partial charge < -0.3 is 14.6 Å². The summed E-state index contributed by atoms with van der Waals surface area (Å²) < 4.78 is 10.6. The average Bonchev–Trinajstić information content (AvgIpc) is 2.61. The minimum atomic E-state index is -0.205. The molecule has 0 atom stereocenters. The van der Waals surface area contributed by atoms with Crippen molar-refractivity contribution in [3.8, 4) is 17.2 Å². The summed E-state index contributed by atoms with van der Waals surface area (Å²) in [5, 5.41) is 14.1. The first kappa shape index (κ1) is 19.6. The van der Waals surface area contributed by atoms with Crippen molar-refractivity contribution in [3.63, 3.8) is 0 Å². The number of carbonyl (C=O) groups excluding carboxylic acids is 1. The molecule has 0 aromatic heterocycles. The molecule has 7 heteroatoms. The lowest BCUT2D eigenvalue weighted by Crippen LogP contribution is -2.18. The summed E-state index contributed by atoms with van der Waals surface area (Å²) >= 11 is 5.90. The quantitative estimate of drug-likeness (QED) is 0.418. The summed E-state index contributed by atoms with van der Waals surface area (Å²) in [7, 11) is 1.46. The van der Waals surface area contributed by atoms with Crippen molar-refractivity contribution in [1.29, 1.82) is 0 Å². The summed E-state index contributed by atoms with van der Waals surface area (Å²) in [6.45, 7) is 2.34. The van der Waals surface area contributed by atoms with Crippen LogP contribution in [0.3, 0.4) is 0 Å².